The molecule has 1 amide bonds. The number of nitrogens with zero attached hydrogens (tertiary/aromatic N) is 3. The van der Waals surface area contributed by atoms with Crippen LogP contribution < -0.4 is 10.6 Å². The maximum atomic E-state index is 12.2. The lowest BCUT2D eigenvalue weighted by molar-refractivity contribution is 0.0997. The molecule has 0 spiro atoms. The van der Waals surface area contributed by atoms with Crippen LogP contribution in [-0.2, 0) is 0 Å². The van der Waals surface area contributed by atoms with Crippen molar-refractivity contribution in [3.8, 4) is 11.5 Å². The number of thiophene rings is 1. The van der Waals surface area contributed by atoms with Crippen molar-refractivity contribution in [1.29, 1.82) is 0 Å². The quantitative estimate of drug-likeness (QED) is 0.737. The first-order valence-corrected chi connectivity index (χ1v) is 8.77. The van der Waals surface area contributed by atoms with Gasteiger partial charge in [-0.25, -0.2) is 0 Å². The zero-order valence-electron chi connectivity index (χ0n) is 13.6. The zero-order valence-corrected chi connectivity index (χ0v) is 14.4. The molecule has 0 radical (unpaired) electrons. The molecule has 3 aromatic rings. The Labute approximate surface area is 147 Å². The molecule has 130 valence electrons. The van der Waals surface area contributed by atoms with Crippen LogP contribution in [0.4, 0.5) is 5.00 Å². The molecule has 1 aliphatic rings. The summed E-state index contributed by atoms with van der Waals surface area (Å²) < 4.78 is 10.6. The second-order valence-electron chi connectivity index (χ2n) is 5.75. The van der Waals surface area contributed by atoms with Crippen molar-refractivity contribution in [2.75, 3.05) is 32.0 Å². The standard InChI is InChI=1S/C16H17N5O3S/c1-21-6-5-17-9-11(21)13-18-15(24-20-13)10-4-8-25-16(10)19-14(22)12-3-2-7-23-12/h2-4,7-8,11,17H,5-6,9H2,1H3,(H,19,22). The minimum atomic E-state index is -0.315. The van der Waals surface area contributed by atoms with E-state index in [9.17, 15) is 4.79 Å². The number of nitrogens with one attached hydrogen (secondary N) is 2. The second kappa shape index (κ2) is 6.79. The van der Waals surface area contributed by atoms with E-state index >= 15 is 0 Å². The Bertz CT molecular complexity index is 857. The number of likely N-dealkylation sites (N-methyl/N-ethyl adjacent to an activating group) is 1. The van der Waals surface area contributed by atoms with Gasteiger partial charge < -0.3 is 19.6 Å². The summed E-state index contributed by atoms with van der Waals surface area (Å²) in [5.74, 6) is 0.967. The number of hydrogen-bond acceptors (Lipinski definition) is 8. The van der Waals surface area contributed by atoms with E-state index in [1.807, 2.05) is 18.5 Å². The van der Waals surface area contributed by atoms with Crippen LogP contribution in [0, 0.1) is 0 Å². The third-order valence-electron chi connectivity index (χ3n) is 4.12. The molecule has 3 aromatic heterocycles. The van der Waals surface area contributed by atoms with Gasteiger partial charge in [-0.15, -0.1) is 11.3 Å². The highest BCUT2D eigenvalue weighted by Crippen LogP contribution is 2.33. The van der Waals surface area contributed by atoms with E-state index in [-0.39, 0.29) is 17.7 Å². The molecule has 4 rings (SSSR count). The van der Waals surface area contributed by atoms with E-state index in [2.05, 4.69) is 25.7 Å². The van der Waals surface area contributed by atoms with Gasteiger partial charge in [-0.1, -0.05) is 5.16 Å². The van der Waals surface area contributed by atoms with E-state index in [0.29, 0.717) is 22.3 Å². The summed E-state index contributed by atoms with van der Waals surface area (Å²) in [6.07, 6.45) is 1.46. The Balaban J connectivity index is 1.55. The summed E-state index contributed by atoms with van der Waals surface area (Å²) in [5.41, 5.74) is 0.704. The summed E-state index contributed by atoms with van der Waals surface area (Å²) in [4.78, 5) is 18.9. The molecule has 1 saturated heterocycles. The van der Waals surface area contributed by atoms with E-state index in [4.69, 9.17) is 8.94 Å². The molecular formula is C16H17N5O3S. The fourth-order valence-electron chi connectivity index (χ4n) is 2.72. The molecule has 1 unspecified atom stereocenters. The molecule has 1 atom stereocenters. The molecule has 0 bridgehead atoms. The summed E-state index contributed by atoms with van der Waals surface area (Å²) in [6, 6.07) is 5.21. The number of anilines is 1. The van der Waals surface area contributed by atoms with Gasteiger partial charge in [0.25, 0.3) is 11.8 Å². The molecule has 8 nitrogen and oxygen atoms in total. The minimum Gasteiger partial charge on any atom is -0.459 e. The van der Waals surface area contributed by atoms with Gasteiger partial charge in [0.15, 0.2) is 11.6 Å². The van der Waals surface area contributed by atoms with Crippen LogP contribution >= 0.6 is 11.3 Å². The molecular weight excluding hydrogens is 342 g/mol. The summed E-state index contributed by atoms with van der Waals surface area (Å²) >= 11 is 1.39. The van der Waals surface area contributed by atoms with Crippen molar-refractivity contribution in [2.24, 2.45) is 0 Å². The highest BCUT2D eigenvalue weighted by atomic mass is 32.1. The van der Waals surface area contributed by atoms with Gasteiger partial charge in [-0.05, 0) is 30.6 Å². The number of carbonyl (C=O) groups excluding carboxylic acids is 1. The zero-order chi connectivity index (χ0) is 17.2. The Morgan fingerprint density at radius 1 is 1.48 bits per heavy atom. The summed E-state index contributed by atoms with van der Waals surface area (Å²) in [6.45, 7) is 2.66. The number of hydrogen-bond donors (Lipinski definition) is 2. The van der Waals surface area contributed by atoms with Gasteiger partial charge in [0, 0.05) is 19.6 Å². The lowest BCUT2D eigenvalue weighted by Gasteiger charge is -2.30. The van der Waals surface area contributed by atoms with Crippen molar-refractivity contribution in [3.05, 3.63) is 41.4 Å². The first-order chi connectivity index (χ1) is 12.2. The number of amides is 1. The second-order valence-corrected chi connectivity index (χ2v) is 6.67. The first kappa shape index (κ1) is 16.0. The van der Waals surface area contributed by atoms with Crippen LogP contribution in [0.3, 0.4) is 0 Å². The van der Waals surface area contributed by atoms with Crippen LogP contribution in [0.15, 0.2) is 38.8 Å². The number of piperazine rings is 1. The lowest BCUT2D eigenvalue weighted by atomic mass is 10.2. The Morgan fingerprint density at radius 3 is 3.20 bits per heavy atom. The highest BCUT2D eigenvalue weighted by Gasteiger charge is 2.26. The topological polar surface area (TPSA) is 96.4 Å². The fourth-order valence-corrected chi connectivity index (χ4v) is 3.49. The van der Waals surface area contributed by atoms with E-state index in [0.717, 1.165) is 19.6 Å². The largest absolute Gasteiger partial charge is 0.459 e. The third-order valence-corrected chi connectivity index (χ3v) is 4.95. The smallest absolute Gasteiger partial charge is 0.291 e. The molecule has 25 heavy (non-hydrogen) atoms. The van der Waals surface area contributed by atoms with Crippen molar-refractivity contribution < 1.29 is 13.7 Å². The highest BCUT2D eigenvalue weighted by molar-refractivity contribution is 7.15. The molecule has 0 aromatic carbocycles. The summed E-state index contributed by atoms with van der Waals surface area (Å²) in [5, 5.41) is 12.8. The van der Waals surface area contributed by atoms with Crippen LogP contribution in [0.25, 0.3) is 11.5 Å². The molecule has 1 aliphatic heterocycles. The van der Waals surface area contributed by atoms with Gasteiger partial charge in [-0.3, -0.25) is 9.69 Å². The Kier molecular flexibility index (Phi) is 4.35. The maximum absolute atomic E-state index is 12.2. The first-order valence-electron chi connectivity index (χ1n) is 7.89. The molecule has 1 fully saturated rings. The number of furan rings is 1. The van der Waals surface area contributed by atoms with Gasteiger partial charge >= 0.3 is 0 Å². The normalized spacial score (nSPS) is 18.4. The molecule has 9 heteroatoms. The van der Waals surface area contributed by atoms with Crippen molar-refractivity contribution in [3.63, 3.8) is 0 Å². The van der Waals surface area contributed by atoms with Gasteiger partial charge in [0.2, 0.25) is 0 Å². The maximum Gasteiger partial charge on any atom is 0.291 e. The molecule has 2 N–H and O–H groups in total. The molecule has 0 aliphatic carbocycles. The van der Waals surface area contributed by atoms with Crippen molar-refractivity contribution in [1.82, 2.24) is 20.4 Å². The third kappa shape index (κ3) is 3.21. The van der Waals surface area contributed by atoms with E-state index < -0.39 is 0 Å². The number of aromatic nitrogens is 2. The molecule has 4 heterocycles. The van der Waals surface area contributed by atoms with Crippen molar-refractivity contribution >= 4 is 22.2 Å². The van der Waals surface area contributed by atoms with Crippen LogP contribution in [0.5, 0.6) is 0 Å². The Morgan fingerprint density at radius 2 is 2.40 bits per heavy atom. The van der Waals surface area contributed by atoms with Crippen molar-refractivity contribution in [2.45, 2.75) is 6.04 Å². The fraction of sp³-hybridized carbons (Fsp3) is 0.312. The van der Waals surface area contributed by atoms with Crippen LogP contribution in [0.1, 0.15) is 22.4 Å². The predicted molar refractivity (Wildman–Crippen MR) is 92.5 cm³/mol. The van der Waals surface area contributed by atoms with E-state index in [1.54, 1.807) is 12.1 Å². The average molecular weight is 359 g/mol. The number of carbonyl (C=O) groups is 1. The SMILES string of the molecule is CN1CCNCC1c1noc(-c2ccsc2NC(=O)c2ccco2)n1. The monoisotopic (exact) mass is 359 g/mol. The Hall–Kier alpha value is -2.49. The average Bonchev–Trinajstić information content (AvgIpc) is 3.36. The predicted octanol–water partition coefficient (Wildman–Crippen LogP) is 2.22. The van der Waals surface area contributed by atoms with Gasteiger partial charge in [0.05, 0.1) is 17.9 Å². The van der Waals surface area contributed by atoms with Crippen LogP contribution in [-0.4, -0.2) is 47.6 Å². The van der Waals surface area contributed by atoms with E-state index in [1.165, 1.54) is 17.6 Å². The lowest BCUT2D eigenvalue weighted by Crippen LogP contribution is -2.44. The van der Waals surface area contributed by atoms with Gasteiger partial charge in [-0.2, -0.15) is 4.98 Å². The molecule has 0 saturated carbocycles. The van der Waals surface area contributed by atoms with Crippen LogP contribution in [0.2, 0.25) is 0 Å². The van der Waals surface area contributed by atoms with Gasteiger partial charge in [0.1, 0.15) is 5.00 Å². The summed E-state index contributed by atoms with van der Waals surface area (Å²) in [7, 11) is 2.04. The minimum absolute atomic E-state index is 0.0750. The number of rotatable bonds is 4.